The lowest BCUT2D eigenvalue weighted by atomic mass is 10.2. The van der Waals surface area contributed by atoms with E-state index in [-0.39, 0.29) is 18.3 Å². The molecular weight excluding hydrogens is 381 g/mol. The first kappa shape index (κ1) is 20.2. The molecule has 6 nitrogen and oxygen atoms in total. The lowest BCUT2D eigenvalue weighted by molar-refractivity contribution is -0.117. The van der Waals surface area contributed by atoms with E-state index in [1.165, 1.54) is 34.0 Å². The van der Waals surface area contributed by atoms with Gasteiger partial charge in [0.15, 0.2) is 0 Å². The van der Waals surface area contributed by atoms with Crippen LogP contribution in [0.2, 0.25) is 0 Å². The van der Waals surface area contributed by atoms with Crippen molar-refractivity contribution in [2.24, 2.45) is 0 Å². The molecule has 1 amide bonds. The van der Waals surface area contributed by atoms with Crippen LogP contribution in [-0.2, 0) is 14.8 Å². The van der Waals surface area contributed by atoms with Gasteiger partial charge in [0, 0.05) is 37.3 Å². The molecule has 3 rings (SSSR count). The van der Waals surface area contributed by atoms with Gasteiger partial charge in [-0.2, -0.15) is 4.31 Å². The van der Waals surface area contributed by atoms with E-state index in [2.05, 4.69) is 5.32 Å². The van der Waals surface area contributed by atoms with Crippen molar-refractivity contribution in [1.29, 1.82) is 0 Å². The van der Waals surface area contributed by atoms with Gasteiger partial charge in [0.2, 0.25) is 15.9 Å². The van der Waals surface area contributed by atoms with Crippen LogP contribution >= 0.6 is 0 Å². The van der Waals surface area contributed by atoms with Gasteiger partial charge in [-0.1, -0.05) is 30.3 Å². The van der Waals surface area contributed by atoms with Crippen molar-refractivity contribution in [3.05, 3.63) is 71.4 Å². The molecule has 1 heterocycles. The van der Waals surface area contributed by atoms with E-state index in [0.29, 0.717) is 31.9 Å². The quantitative estimate of drug-likeness (QED) is 0.804. The largest absolute Gasteiger partial charge is 0.325 e. The third kappa shape index (κ3) is 5.72. The second-order valence-electron chi connectivity index (χ2n) is 6.49. The van der Waals surface area contributed by atoms with Crippen molar-refractivity contribution in [2.45, 2.75) is 0 Å². The molecular formula is C20H22FN3O3S. The summed E-state index contributed by atoms with van der Waals surface area (Å²) in [6.45, 7) is 1.74. The molecule has 0 bridgehead atoms. The van der Waals surface area contributed by atoms with E-state index in [0.717, 1.165) is 5.56 Å². The number of piperazine rings is 1. The summed E-state index contributed by atoms with van der Waals surface area (Å²) in [6, 6.07) is 14.8. The number of halogens is 1. The Labute approximate surface area is 164 Å². The van der Waals surface area contributed by atoms with Crippen LogP contribution < -0.4 is 5.32 Å². The molecule has 0 atom stereocenters. The van der Waals surface area contributed by atoms with Gasteiger partial charge in [-0.3, -0.25) is 9.69 Å². The van der Waals surface area contributed by atoms with E-state index in [4.69, 9.17) is 0 Å². The molecule has 1 aliphatic heterocycles. The Morgan fingerprint density at radius 1 is 1.00 bits per heavy atom. The minimum absolute atomic E-state index is 0.158. The van der Waals surface area contributed by atoms with Crippen LogP contribution in [0.5, 0.6) is 0 Å². The molecule has 148 valence electrons. The number of amides is 1. The van der Waals surface area contributed by atoms with Crippen LogP contribution in [0.1, 0.15) is 5.56 Å². The number of hydrogen-bond acceptors (Lipinski definition) is 4. The fourth-order valence-corrected chi connectivity index (χ4v) is 4.07. The van der Waals surface area contributed by atoms with Gasteiger partial charge in [0.05, 0.1) is 6.54 Å². The van der Waals surface area contributed by atoms with Crippen LogP contribution in [0.25, 0.3) is 6.08 Å². The average Bonchev–Trinajstić information content (AvgIpc) is 2.69. The molecule has 0 radical (unpaired) electrons. The third-order valence-corrected chi connectivity index (χ3v) is 5.98. The molecule has 1 aliphatic rings. The van der Waals surface area contributed by atoms with Gasteiger partial charge in [-0.15, -0.1) is 0 Å². The summed E-state index contributed by atoms with van der Waals surface area (Å²) < 4.78 is 39.3. The minimum atomic E-state index is -3.50. The Balaban J connectivity index is 1.49. The van der Waals surface area contributed by atoms with Gasteiger partial charge in [0.1, 0.15) is 5.82 Å². The van der Waals surface area contributed by atoms with Crippen LogP contribution in [0.4, 0.5) is 10.1 Å². The summed E-state index contributed by atoms with van der Waals surface area (Å²) in [5.74, 6) is -0.580. The number of nitrogens with zero attached hydrogens (tertiary/aromatic N) is 2. The Kier molecular flexibility index (Phi) is 6.56. The summed E-state index contributed by atoms with van der Waals surface area (Å²) >= 11 is 0. The summed E-state index contributed by atoms with van der Waals surface area (Å²) in [5.41, 5.74) is 1.35. The minimum Gasteiger partial charge on any atom is -0.325 e. The monoisotopic (exact) mass is 403 g/mol. The zero-order valence-corrected chi connectivity index (χ0v) is 16.1. The highest BCUT2D eigenvalue weighted by Crippen LogP contribution is 2.12. The molecule has 2 aromatic rings. The van der Waals surface area contributed by atoms with Crippen molar-refractivity contribution < 1.29 is 17.6 Å². The first-order chi connectivity index (χ1) is 13.4. The maximum absolute atomic E-state index is 12.9. The Bertz CT molecular complexity index is 923. The number of hydrogen-bond donors (Lipinski definition) is 1. The van der Waals surface area contributed by atoms with Gasteiger partial charge < -0.3 is 5.32 Å². The smallest absolute Gasteiger partial charge is 0.238 e. The Hall–Kier alpha value is -2.55. The fourth-order valence-electron chi connectivity index (χ4n) is 2.89. The first-order valence-corrected chi connectivity index (χ1v) is 10.4. The summed E-state index contributed by atoms with van der Waals surface area (Å²) in [6.07, 6.45) is 1.58. The molecule has 1 saturated heterocycles. The highest BCUT2D eigenvalue weighted by atomic mass is 32.2. The summed E-state index contributed by atoms with van der Waals surface area (Å²) in [4.78, 5) is 14.0. The van der Waals surface area contributed by atoms with Crippen molar-refractivity contribution in [2.75, 3.05) is 38.0 Å². The zero-order chi connectivity index (χ0) is 20.0. The molecule has 2 aromatic carbocycles. The number of rotatable bonds is 6. The van der Waals surface area contributed by atoms with Crippen LogP contribution in [0.15, 0.2) is 60.0 Å². The van der Waals surface area contributed by atoms with Crippen molar-refractivity contribution >= 4 is 27.7 Å². The Morgan fingerprint density at radius 2 is 1.64 bits per heavy atom. The van der Waals surface area contributed by atoms with Crippen LogP contribution in [0.3, 0.4) is 0 Å². The van der Waals surface area contributed by atoms with Gasteiger partial charge in [-0.25, -0.2) is 12.8 Å². The number of benzene rings is 2. The van der Waals surface area contributed by atoms with Crippen molar-refractivity contribution in [3.8, 4) is 0 Å². The molecule has 1 N–H and O–H groups in total. The third-order valence-electron chi connectivity index (χ3n) is 4.42. The van der Waals surface area contributed by atoms with E-state index in [1.54, 1.807) is 6.08 Å². The number of carbonyl (C=O) groups excluding carboxylic acids is 1. The average molecular weight is 403 g/mol. The lowest BCUT2D eigenvalue weighted by Gasteiger charge is -2.32. The normalized spacial score (nSPS) is 16.3. The first-order valence-electron chi connectivity index (χ1n) is 8.93. The maximum Gasteiger partial charge on any atom is 0.238 e. The highest BCUT2D eigenvalue weighted by molar-refractivity contribution is 7.92. The standard InChI is InChI=1S/C20H22FN3O3S/c21-18-6-8-19(9-7-18)22-20(25)16-23-11-13-24(14-12-23)28(26,27)15-10-17-4-2-1-3-5-17/h1-10,15H,11-14,16H2,(H,22,25)/b15-10+. The number of carbonyl (C=O) groups is 1. The molecule has 0 saturated carbocycles. The van der Waals surface area contributed by atoms with Gasteiger partial charge >= 0.3 is 0 Å². The number of nitrogens with one attached hydrogen (secondary N) is 1. The topological polar surface area (TPSA) is 69.7 Å². The molecule has 0 aliphatic carbocycles. The second kappa shape index (κ2) is 9.09. The van der Waals surface area contributed by atoms with Crippen LogP contribution in [0, 0.1) is 5.82 Å². The predicted octanol–water partition coefficient (Wildman–Crippen LogP) is 2.38. The number of anilines is 1. The molecule has 0 unspecified atom stereocenters. The highest BCUT2D eigenvalue weighted by Gasteiger charge is 2.25. The maximum atomic E-state index is 12.9. The fraction of sp³-hybridized carbons (Fsp3) is 0.250. The van der Waals surface area contributed by atoms with E-state index in [1.807, 2.05) is 35.2 Å². The molecule has 1 fully saturated rings. The molecule has 0 spiro atoms. The van der Waals surface area contributed by atoms with E-state index >= 15 is 0 Å². The van der Waals surface area contributed by atoms with Crippen LogP contribution in [-0.4, -0.2) is 56.3 Å². The van der Waals surface area contributed by atoms with Gasteiger partial charge in [0.25, 0.3) is 0 Å². The lowest BCUT2D eigenvalue weighted by Crippen LogP contribution is -2.49. The molecule has 28 heavy (non-hydrogen) atoms. The predicted molar refractivity (Wildman–Crippen MR) is 107 cm³/mol. The SMILES string of the molecule is O=C(CN1CCN(S(=O)(=O)/C=C/c2ccccc2)CC1)Nc1ccc(F)cc1. The molecule has 8 heteroatoms. The van der Waals surface area contributed by atoms with Crippen molar-refractivity contribution in [3.63, 3.8) is 0 Å². The number of sulfonamides is 1. The Morgan fingerprint density at radius 3 is 2.29 bits per heavy atom. The molecule has 0 aromatic heterocycles. The van der Waals surface area contributed by atoms with Gasteiger partial charge in [-0.05, 0) is 35.9 Å². The van der Waals surface area contributed by atoms with E-state index in [9.17, 15) is 17.6 Å². The zero-order valence-electron chi connectivity index (χ0n) is 15.3. The van der Waals surface area contributed by atoms with E-state index < -0.39 is 10.0 Å². The summed E-state index contributed by atoms with van der Waals surface area (Å²) in [7, 11) is -3.50. The van der Waals surface area contributed by atoms with Crippen molar-refractivity contribution in [1.82, 2.24) is 9.21 Å². The summed E-state index contributed by atoms with van der Waals surface area (Å²) in [5, 5.41) is 3.93. The second-order valence-corrected chi connectivity index (χ2v) is 8.31.